The highest BCUT2D eigenvalue weighted by molar-refractivity contribution is 14.1. The Morgan fingerprint density at radius 1 is 1.36 bits per heavy atom. The number of halogens is 2. The van der Waals surface area contributed by atoms with Gasteiger partial charge < -0.3 is 9.64 Å². The Morgan fingerprint density at radius 2 is 2.04 bits per heavy atom. The van der Waals surface area contributed by atoms with Gasteiger partial charge in [-0.2, -0.15) is 0 Å². The summed E-state index contributed by atoms with van der Waals surface area (Å²) in [5.41, 5.74) is 1.48. The smallest absolute Gasteiger partial charge is 0.193 e. The Bertz CT molecular complexity index is 926. The maximum absolute atomic E-state index is 12.5. The van der Waals surface area contributed by atoms with E-state index < -0.39 is 14.6 Å². The molecule has 0 spiro atoms. The fraction of sp³-hybridized carbons (Fsp3) is 0.600. The Hall–Kier alpha value is -0.210. The zero-order valence-corrected chi connectivity index (χ0v) is 19.6. The minimum absolute atomic E-state index is 0.174. The molecule has 138 valence electrons. The van der Waals surface area contributed by atoms with Crippen molar-refractivity contribution in [2.45, 2.75) is 31.6 Å². The van der Waals surface area contributed by atoms with E-state index in [4.69, 9.17) is 9.84 Å². The molecule has 1 saturated heterocycles. The van der Waals surface area contributed by atoms with Gasteiger partial charge in [0.1, 0.15) is 15.0 Å². The molecular weight excluding hydrogens is 570 g/mol. The van der Waals surface area contributed by atoms with Crippen LogP contribution in [0.15, 0.2) is 6.07 Å². The SMILES string of the molecule is C[C@@H]1COCCN1c1cc(C(C)(C)S(C)(=O)=O)c2c(I)nc(I)n2n1. The molecule has 1 atom stereocenters. The van der Waals surface area contributed by atoms with Gasteiger partial charge in [0.25, 0.3) is 0 Å². The van der Waals surface area contributed by atoms with Crippen molar-refractivity contribution >= 4 is 66.4 Å². The van der Waals surface area contributed by atoms with E-state index in [0.29, 0.717) is 17.0 Å². The fourth-order valence-electron chi connectivity index (χ4n) is 2.87. The molecule has 0 N–H and O–H groups in total. The number of anilines is 1. The van der Waals surface area contributed by atoms with E-state index in [1.54, 1.807) is 18.4 Å². The quantitative estimate of drug-likeness (QED) is 0.512. The van der Waals surface area contributed by atoms with Crippen molar-refractivity contribution in [1.82, 2.24) is 14.6 Å². The molecule has 7 nitrogen and oxygen atoms in total. The Morgan fingerprint density at radius 3 is 2.64 bits per heavy atom. The Kier molecular flexibility index (Phi) is 5.28. The third kappa shape index (κ3) is 3.38. The molecule has 0 bridgehead atoms. The largest absolute Gasteiger partial charge is 0.377 e. The number of hydrogen-bond acceptors (Lipinski definition) is 6. The van der Waals surface area contributed by atoms with Crippen molar-refractivity contribution in [2.24, 2.45) is 0 Å². The molecule has 2 aromatic heterocycles. The molecule has 0 unspecified atom stereocenters. The fourth-order valence-corrected chi connectivity index (χ4v) is 5.23. The van der Waals surface area contributed by atoms with E-state index in [-0.39, 0.29) is 6.04 Å². The number of hydrogen-bond donors (Lipinski definition) is 0. The lowest BCUT2D eigenvalue weighted by Gasteiger charge is -2.35. The molecule has 1 aliphatic heterocycles. The van der Waals surface area contributed by atoms with Crippen molar-refractivity contribution in [3.63, 3.8) is 0 Å². The van der Waals surface area contributed by atoms with Crippen LogP contribution in [0.1, 0.15) is 26.3 Å². The minimum Gasteiger partial charge on any atom is -0.377 e. The summed E-state index contributed by atoms with van der Waals surface area (Å²) < 4.78 is 32.6. The second-order valence-electron chi connectivity index (χ2n) is 6.75. The molecule has 3 heterocycles. The highest BCUT2D eigenvalue weighted by Crippen LogP contribution is 2.36. The molecule has 0 saturated carbocycles. The average Bonchev–Trinajstić information content (AvgIpc) is 2.80. The summed E-state index contributed by atoms with van der Waals surface area (Å²) in [6.07, 6.45) is 1.27. The first-order valence-electron chi connectivity index (χ1n) is 7.83. The van der Waals surface area contributed by atoms with E-state index in [9.17, 15) is 8.42 Å². The highest BCUT2D eigenvalue weighted by Gasteiger charge is 2.37. The predicted octanol–water partition coefficient (Wildman–Crippen LogP) is 2.44. The van der Waals surface area contributed by atoms with Crippen LogP contribution < -0.4 is 4.90 Å². The summed E-state index contributed by atoms with van der Waals surface area (Å²) >= 11 is 4.27. The van der Waals surface area contributed by atoms with Crippen molar-refractivity contribution in [3.05, 3.63) is 19.2 Å². The number of morpholine rings is 1. The first kappa shape index (κ1) is 19.5. The van der Waals surface area contributed by atoms with Crippen molar-refractivity contribution in [2.75, 3.05) is 30.9 Å². The number of nitrogens with zero attached hydrogens (tertiary/aromatic N) is 4. The number of ether oxygens (including phenoxy) is 1. The van der Waals surface area contributed by atoms with Crippen LogP contribution in [0.2, 0.25) is 0 Å². The van der Waals surface area contributed by atoms with Crippen LogP contribution >= 0.6 is 45.2 Å². The summed E-state index contributed by atoms with van der Waals surface area (Å²) in [5, 5.41) is 4.74. The topological polar surface area (TPSA) is 76.8 Å². The molecule has 1 aliphatic rings. The second kappa shape index (κ2) is 6.75. The maximum atomic E-state index is 12.5. The third-order valence-corrected chi connectivity index (χ3v) is 8.27. The highest BCUT2D eigenvalue weighted by atomic mass is 127. The molecule has 0 aliphatic carbocycles. The predicted molar refractivity (Wildman–Crippen MR) is 114 cm³/mol. The number of sulfone groups is 1. The van der Waals surface area contributed by atoms with Gasteiger partial charge in [-0.3, -0.25) is 0 Å². The van der Waals surface area contributed by atoms with Crippen molar-refractivity contribution in [1.29, 1.82) is 0 Å². The minimum atomic E-state index is -3.33. The third-order valence-electron chi connectivity index (χ3n) is 4.74. The van der Waals surface area contributed by atoms with E-state index in [1.165, 1.54) is 6.26 Å². The normalized spacial score (nSPS) is 19.6. The molecular formula is C15H20I2N4O3S. The van der Waals surface area contributed by atoms with Gasteiger partial charge in [0.15, 0.2) is 13.7 Å². The summed E-state index contributed by atoms with van der Waals surface area (Å²) in [6, 6.07) is 2.08. The molecule has 25 heavy (non-hydrogen) atoms. The van der Waals surface area contributed by atoms with Gasteiger partial charge in [-0.25, -0.2) is 17.9 Å². The maximum Gasteiger partial charge on any atom is 0.193 e. The van der Waals surface area contributed by atoms with Gasteiger partial charge in [-0.05, 0) is 49.4 Å². The molecule has 1 fully saturated rings. The molecule has 3 rings (SSSR count). The van der Waals surface area contributed by atoms with Crippen LogP contribution in [0.3, 0.4) is 0 Å². The van der Waals surface area contributed by atoms with Crippen LogP contribution in [0, 0.1) is 7.53 Å². The zero-order chi connectivity index (χ0) is 18.6. The molecule has 2 aromatic rings. The Labute approximate surface area is 174 Å². The van der Waals surface area contributed by atoms with Crippen LogP contribution in [0.5, 0.6) is 0 Å². The van der Waals surface area contributed by atoms with E-state index in [0.717, 1.165) is 27.1 Å². The van der Waals surface area contributed by atoms with E-state index in [2.05, 4.69) is 62.0 Å². The first-order chi connectivity index (χ1) is 11.5. The van der Waals surface area contributed by atoms with Crippen LogP contribution in [0.25, 0.3) is 5.52 Å². The van der Waals surface area contributed by atoms with E-state index >= 15 is 0 Å². The summed E-state index contributed by atoms with van der Waals surface area (Å²) in [4.78, 5) is 6.65. The lowest BCUT2D eigenvalue weighted by molar-refractivity contribution is 0.0984. The lowest BCUT2D eigenvalue weighted by atomic mass is 10.0. The number of rotatable bonds is 3. The molecule has 0 radical (unpaired) electrons. The van der Waals surface area contributed by atoms with Gasteiger partial charge in [0, 0.05) is 41.0 Å². The van der Waals surface area contributed by atoms with Gasteiger partial charge in [0.2, 0.25) is 0 Å². The number of aromatic nitrogens is 3. The summed E-state index contributed by atoms with van der Waals surface area (Å²) in [5.74, 6) is 0.752. The number of fused-ring (bicyclic) bond motifs is 1. The average molecular weight is 590 g/mol. The zero-order valence-electron chi connectivity index (χ0n) is 14.5. The monoisotopic (exact) mass is 590 g/mol. The Balaban J connectivity index is 2.31. The van der Waals surface area contributed by atoms with Crippen molar-refractivity contribution in [3.8, 4) is 0 Å². The first-order valence-corrected chi connectivity index (χ1v) is 11.9. The van der Waals surface area contributed by atoms with E-state index in [1.807, 2.05) is 6.07 Å². The van der Waals surface area contributed by atoms with Gasteiger partial charge >= 0.3 is 0 Å². The summed E-state index contributed by atoms with van der Waals surface area (Å²) in [6.45, 7) is 7.53. The summed E-state index contributed by atoms with van der Waals surface area (Å²) in [7, 11) is -3.33. The molecule has 0 amide bonds. The van der Waals surface area contributed by atoms with Crippen LogP contribution in [-0.4, -0.2) is 55.1 Å². The lowest BCUT2D eigenvalue weighted by Crippen LogP contribution is -2.44. The standard InChI is InChI=1S/C15H20I2N4O3S/c1-9-8-24-6-5-20(9)11-7-10(15(2,3)25(4,22)23)12-13(16)18-14(17)21(12)19-11/h7,9H,5-6,8H2,1-4H3/t9-/m1/s1. The second-order valence-corrected chi connectivity index (χ2v) is 11.3. The van der Waals surface area contributed by atoms with Crippen molar-refractivity contribution < 1.29 is 13.2 Å². The van der Waals surface area contributed by atoms with Crippen LogP contribution in [0.4, 0.5) is 5.82 Å². The van der Waals surface area contributed by atoms with Crippen LogP contribution in [-0.2, 0) is 19.3 Å². The number of imidazole rings is 1. The molecule has 0 aromatic carbocycles. The van der Waals surface area contributed by atoms with Gasteiger partial charge in [-0.1, -0.05) is 0 Å². The van der Waals surface area contributed by atoms with Gasteiger partial charge in [-0.15, -0.1) is 5.10 Å². The molecule has 10 heteroatoms. The van der Waals surface area contributed by atoms with Gasteiger partial charge in [0.05, 0.1) is 24.0 Å².